The van der Waals surface area contributed by atoms with Gasteiger partial charge in [-0.1, -0.05) is 49.7 Å². The highest BCUT2D eigenvalue weighted by Crippen LogP contribution is 2.15. The second-order valence-electron chi connectivity index (χ2n) is 5.91. The van der Waals surface area contributed by atoms with Gasteiger partial charge in [-0.05, 0) is 35.6 Å². The summed E-state index contributed by atoms with van der Waals surface area (Å²) in [6, 6.07) is 11.4. The third kappa shape index (κ3) is 5.87. The number of hydrogen-bond donors (Lipinski definition) is 1. The number of nitrogens with one attached hydrogen (secondary N) is 1. The molecule has 6 heteroatoms. The second-order valence-corrected chi connectivity index (χ2v) is 6.27. The highest BCUT2D eigenvalue weighted by atomic mass is 35.5. The van der Waals surface area contributed by atoms with E-state index >= 15 is 0 Å². The minimum atomic E-state index is -0.669. The Labute approximate surface area is 152 Å². The molecule has 0 atom stereocenters. The lowest BCUT2D eigenvalue weighted by molar-refractivity contribution is -0.124. The van der Waals surface area contributed by atoms with Crippen molar-refractivity contribution in [2.45, 2.75) is 26.2 Å². The maximum absolute atomic E-state index is 11.8. The van der Waals surface area contributed by atoms with E-state index < -0.39 is 5.97 Å². The van der Waals surface area contributed by atoms with E-state index in [1.165, 1.54) is 17.8 Å². The Morgan fingerprint density at radius 1 is 1.20 bits per heavy atom. The molecule has 2 rings (SSSR count). The first-order valence-corrected chi connectivity index (χ1v) is 8.48. The zero-order valence-electron chi connectivity index (χ0n) is 14.3. The molecule has 1 heterocycles. The van der Waals surface area contributed by atoms with Gasteiger partial charge in [0, 0.05) is 12.7 Å². The summed E-state index contributed by atoms with van der Waals surface area (Å²) in [4.78, 5) is 27.4. The summed E-state index contributed by atoms with van der Waals surface area (Å²) in [5.41, 5.74) is 2.57. The van der Waals surface area contributed by atoms with E-state index in [0.717, 1.165) is 5.56 Å². The van der Waals surface area contributed by atoms with Gasteiger partial charge in [-0.3, -0.25) is 4.79 Å². The van der Waals surface area contributed by atoms with Crippen LogP contribution in [0.3, 0.4) is 0 Å². The maximum Gasteiger partial charge on any atom is 0.341 e. The normalized spacial score (nSPS) is 10.6. The summed E-state index contributed by atoms with van der Waals surface area (Å²) in [6.07, 6.45) is 2.19. The van der Waals surface area contributed by atoms with Crippen LogP contribution >= 0.6 is 11.6 Å². The Kier molecular flexibility index (Phi) is 6.95. The zero-order valence-corrected chi connectivity index (χ0v) is 15.0. The standard InChI is InChI=1S/C19H21ClN2O3/c1-13(2)15-7-5-14(6-8-15)9-11-21-17(23)12-25-19(24)16-4-3-10-22-18(16)20/h3-8,10,13H,9,11-12H2,1-2H3,(H,21,23). The number of halogens is 1. The summed E-state index contributed by atoms with van der Waals surface area (Å²) >= 11 is 5.80. The fourth-order valence-corrected chi connectivity index (χ4v) is 2.41. The van der Waals surface area contributed by atoms with Crippen molar-refractivity contribution in [3.05, 3.63) is 64.4 Å². The van der Waals surface area contributed by atoms with Crippen LogP contribution in [0.1, 0.15) is 41.3 Å². The predicted molar refractivity (Wildman–Crippen MR) is 96.8 cm³/mol. The highest BCUT2D eigenvalue weighted by molar-refractivity contribution is 6.32. The van der Waals surface area contributed by atoms with Gasteiger partial charge in [-0.15, -0.1) is 0 Å². The summed E-state index contributed by atoms with van der Waals surface area (Å²) in [6.45, 7) is 4.42. The smallest absolute Gasteiger partial charge is 0.341 e. The van der Waals surface area contributed by atoms with Crippen molar-refractivity contribution in [1.29, 1.82) is 0 Å². The first-order chi connectivity index (χ1) is 12.0. The maximum atomic E-state index is 11.8. The average Bonchev–Trinajstić information content (AvgIpc) is 2.60. The summed E-state index contributed by atoms with van der Waals surface area (Å²) in [5, 5.41) is 2.78. The molecule has 25 heavy (non-hydrogen) atoms. The van der Waals surface area contributed by atoms with E-state index in [2.05, 4.69) is 48.4 Å². The monoisotopic (exact) mass is 360 g/mol. The van der Waals surface area contributed by atoms with Crippen LogP contribution in [-0.2, 0) is 16.0 Å². The van der Waals surface area contributed by atoms with Crippen molar-refractivity contribution in [3.63, 3.8) is 0 Å². The molecule has 1 aromatic carbocycles. The number of pyridine rings is 1. The molecule has 0 spiro atoms. The Morgan fingerprint density at radius 3 is 2.56 bits per heavy atom. The lowest BCUT2D eigenvalue weighted by atomic mass is 10.0. The number of amides is 1. The van der Waals surface area contributed by atoms with Crippen LogP contribution in [0, 0.1) is 0 Å². The van der Waals surface area contributed by atoms with Crippen molar-refractivity contribution in [2.75, 3.05) is 13.2 Å². The molecule has 0 saturated heterocycles. The quantitative estimate of drug-likeness (QED) is 0.607. The van der Waals surface area contributed by atoms with Gasteiger partial charge in [0.15, 0.2) is 6.61 Å². The number of rotatable bonds is 7. The fourth-order valence-electron chi connectivity index (χ4n) is 2.21. The van der Waals surface area contributed by atoms with Gasteiger partial charge < -0.3 is 10.1 Å². The van der Waals surface area contributed by atoms with Crippen LogP contribution < -0.4 is 5.32 Å². The fraction of sp³-hybridized carbons (Fsp3) is 0.316. The number of benzene rings is 1. The van der Waals surface area contributed by atoms with Crippen LogP contribution in [0.5, 0.6) is 0 Å². The third-order valence-electron chi connectivity index (χ3n) is 3.70. The van der Waals surface area contributed by atoms with Crippen LogP contribution in [0.15, 0.2) is 42.6 Å². The molecule has 0 aliphatic heterocycles. The molecular weight excluding hydrogens is 340 g/mol. The van der Waals surface area contributed by atoms with Gasteiger partial charge in [-0.2, -0.15) is 0 Å². The van der Waals surface area contributed by atoms with Gasteiger partial charge in [0.05, 0.1) is 5.56 Å². The molecular formula is C19H21ClN2O3. The molecule has 0 aliphatic carbocycles. The minimum Gasteiger partial charge on any atom is -0.452 e. The molecule has 0 aliphatic rings. The Balaban J connectivity index is 1.72. The van der Waals surface area contributed by atoms with E-state index in [-0.39, 0.29) is 23.2 Å². The highest BCUT2D eigenvalue weighted by Gasteiger charge is 2.13. The average molecular weight is 361 g/mol. The van der Waals surface area contributed by atoms with Gasteiger partial charge in [0.2, 0.25) is 0 Å². The molecule has 1 N–H and O–H groups in total. The minimum absolute atomic E-state index is 0.0535. The van der Waals surface area contributed by atoms with Crippen molar-refractivity contribution in [2.24, 2.45) is 0 Å². The van der Waals surface area contributed by atoms with Crippen molar-refractivity contribution in [3.8, 4) is 0 Å². The number of hydrogen-bond acceptors (Lipinski definition) is 4. The van der Waals surface area contributed by atoms with Crippen LogP contribution in [0.25, 0.3) is 0 Å². The van der Waals surface area contributed by atoms with Gasteiger partial charge >= 0.3 is 5.97 Å². The molecule has 0 radical (unpaired) electrons. The lowest BCUT2D eigenvalue weighted by Crippen LogP contribution is -2.30. The molecule has 0 bridgehead atoms. The topological polar surface area (TPSA) is 68.3 Å². The largest absolute Gasteiger partial charge is 0.452 e. The lowest BCUT2D eigenvalue weighted by Gasteiger charge is -2.09. The number of carbonyl (C=O) groups excluding carboxylic acids is 2. The molecule has 2 aromatic rings. The SMILES string of the molecule is CC(C)c1ccc(CCNC(=O)COC(=O)c2cccnc2Cl)cc1. The Hall–Kier alpha value is -2.40. The molecule has 5 nitrogen and oxygen atoms in total. The third-order valence-corrected chi connectivity index (χ3v) is 4.00. The molecule has 0 saturated carbocycles. The molecule has 132 valence electrons. The second kappa shape index (κ2) is 9.18. The molecule has 0 fully saturated rings. The van der Waals surface area contributed by atoms with Gasteiger partial charge in [0.1, 0.15) is 5.15 Å². The number of carbonyl (C=O) groups is 2. The zero-order chi connectivity index (χ0) is 18.2. The van der Waals surface area contributed by atoms with Crippen LogP contribution in [0.2, 0.25) is 5.15 Å². The van der Waals surface area contributed by atoms with E-state index in [1.54, 1.807) is 6.07 Å². The molecule has 1 amide bonds. The number of nitrogens with zero attached hydrogens (tertiary/aromatic N) is 1. The van der Waals surface area contributed by atoms with Crippen molar-refractivity contribution < 1.29 is 14.3 Å². The molecule has 0 unspecified atom stereocenters. The number of esters is 1. The number of aromatic nitrogens is 1. The summed E-state index contributed by atoms with van der Waals surface area (Å²) < 4.78 is 4.94. The van der Waals surface area contributed by atoms with E-state index in [4.69, 9.17) is 16.3 Å². The van der Waals surface area contributed by atoms with Crippen LogP contribution in [0.4, 0.5) is 0 Å². The first kappa shape index (κ1) is 18.9. The first-order valence-electron chi connectivity index (χ1n) is 8.10. The Bertz CT molecular complexity index is 730. The van der Waals surface area contributed by atoms with Crippen LogP contribution in [-0.4, -0.2) is 30.0 Å². The van der Waals surface area contributed by atoms with Crippen molar-refractivity contribution in [1.82, 2.24) is 10.3 Å². The van der Waals surface area contributed by atoms with Gasteiger partial charge in [-0.25, -0.2) is 9.78 Å². The summed E-state index contributed by atoms with van der Waals surface area (Å²) in [7, 11) is 0. The van der Waals surface area contributed by atoms with E-state index in [0.29, 0.717) is 18.9 Å². The Morgan fingerprint density at radius 2 is 1.92 bits per heavy atom. The van der Waals surface area contributed by atoms with Crippen molar-refractivity contribution >= 4 is 23.5 Å². The van der Waals surface area contributed by atoms with E-state index in [1.807, 2.05) is 0 Å². The number of ether oxygens (including phenoxy) is 1. The summed E-state index contributed by atoms with van der Waals surface area (Å²) in [5.74, 6) is -0.526. The molecule has 1 aromatic heterocycles. The predicted octanol–water partition coefficient (Wildman–Crippen LogP) is 3.37. The van der Waals surface area contributed by atoms with Gasteiger partial charge in [0.25, 0.3) is 5.91 Å². The van der Waals surface area contributed by atoms with E-state index in [9.17, 15) is 9.59 Å².